The number of aromatic nitrogens is 2. The predicted molar refractivity (Wildman–Crippen MR) is 129 cm³/mol. The lowest BCUT2D eigenvalue weighted by Crippen LogP contribution is -2.40. The van der Waals surface area contributed by atoms with E-state index < -0.39 is 0 Å². The first-order valence-electron chi connectivity index (χ1n) is 11.3. The summed E-state index contributed by atoms with van der Waals surface area (Å²) >= 11 is 0. The molecule has 0 spiro atoms. The average Bonchev–Trinajstić information content (AvgIpc) is 2.83. The second kappa shape index (κ2) is 10.3. The van der Waals surface area contributed by atoms with E-state index in [0.717, 1.165) is 47.9 Å². The maximum absolute atomic E-state index is 12.9. The van der Waals surface area contributed by atoms with Gasteiger partial charge in [0.05, 0.1) is 7.11 Å². The van der Waals surface area contributed by atoms with Crippen molar-refractivity contribution in [1.82, 2.24) is 14.5 Å². The van der Waals surface area contributed by atoms with Crippen LogP contribution in [0.1, 0.15) is 36.6 Å². The Labute approximate surface area is 194 Å². The maximum atomic E-state index is 12.9. The predicted octanol–water partition coefficient (Wildman–Crippen LogP) is 4.10. The minimum Gasteiger partial charge on any atom is -0.497 e. The summed E-state index contributed by atoms with van der Waals surface area (Å²) in [4.78, 5) is 31.4. The summed E-state index contributed by atoms with van der Waals surface area (Å²) in [5, 5.41) is 3.44. The van der Waals surface area contributed by atoms with Crippen molar-refractivity contribution in [2.45, 2.75) is 38.6 Å². The molecule has 0 radical (unpaired) electrons. The third-order valence-electron chi connectivity index (χ3n) is 6.01. The first kappa shape index (κ1) is 22.6. The molecule has 1 aliphatic rings. The summed E-state index contributed by atoms with van der Waals surface area (Å²) < 4.78 is 6.81. The molecule has 0 saturated carbocycles. The number of rotatable bonds is 7. The van der Waals surface area contributed by atoms with Crippen molar-refractivity contribution in [3.63, 3.8) is 0 Å². The molecular weight excluding hydrogens is 416 g/mol. The first-order chi connectivity index (χ1) is 16.0. The van der Waals surface area contributed by atoms with Crippen molar-refractivity contribution in [2.24, 2.45) is 0 Å². The van der Waals surface area contributed by atoms with Crippen LogP contribution in [0.25, 0.3) is 0 Å². The number of likely N-dealkylation sites (tertiary alicyclic amines) is 1. The number of hydrogen-bond acceptors (Lipinski definition) is 5. The van der Waals surface area contributed by atoms with Crippen LogP contribution in [0.4, 0.5) is 11.4 Å². The fraction of sp³-hybridized carbons (Fsp3) is 0.346. The second-order valence-corrected chi connectivity index (χ2v) is 8.44. The van der Waals surface area contributed by atoms with Crippen LogP contribution < -0.4 is 15.6 Å². The van der Waals surface area contributed by atoms with Crippen LogP contribution in [0.2, 0.25) is 0 Å². The van der Waals surface area contributed by atoms with Crippen LogP contribution in [-0.2, 0) is 11.3 Å². The third-order valence-corrected chi connectivity index (χ3v) is 6.01. The number of piperidine rings is 1. The van der Waals surface area contributed by atoms with Gasteiger partial charge in [-0.15, -0.1) is 0 Å². The van der Waals surface area contributed by atoms with E-state index in [9.17, 15) is 9.59 Å². The van der Waals surface area contributed by atoms with E-state index in [-0.39, 0.29) is 17.4 Å². The standard InChI is InChI=1S/C26H30N4O3/c1-19-16-22(28-21-8-10-23(33-2)11-9-21)17-24(27-19)20-6-5-14-30(18-20)26(32)12-15-29-13-4-3-7-25(29)31/h3-4,7-11,13,16-17,20H,5-6,12,14-15,18H2,1-2H3,(H,27,28)/t20-/m0/s1. The van der Waals surface area contributed by atoms with Gasteiger partial charge in [0.25, 0.3) is 5.56 Å². The van der Waals surface area contributed by atoms with Crippen molar-refractivity contribution < 1.29 is 9.53 Å². The van der Waals surface area contributed by atoms with Gasteiger partial charge in [-0.2, -0.15) is 0 Å². The number of carbonyl (C=O) groups is 1. The molecule has 1 N–H and O–H groups in total. The van der Waals surface area contributed by atoms with E-state index in [0.29, 0.717) is 19.5 Å². The Hall–Kier alpha value is -3.61. The van der Waals surface area contributed by atoms with Crippen LogP contribution in [0.3, 0.4) is 0 Å². The molecule has 1 amide bonds. The van der Waals surface area contributed by atoms with Gasteiger partial charge >= 0.3 is 0 Å². The second-order valence-electron chi connectivity index (χ2n) is 8.44. The van der Waals surface area contributed by atoms with Crippen LogP contribution in [0, 0.1) is 6.92 Å². The zero-order chi connectivity index (χ0) is 23.2. The number of nitrogens with zero attached hydrogens (tertiary/aromatic N) is 3. The van der Waals surface area contributed by atoms with Gasteiger partial charge in [0.2, 0.25) is 5.91 Å². The van der Waals surface area contributed by atoms with Gasteiger partial charge < -0.3 is 19.5 Å². The van der Waals surface area contributed by atoms with Crippen LogP contribution >= 0.6 is 0 Å². The number of carbonyl (C=O) groups excluding carboxylic acids is 1. The molecule has 172 valence electrons. The molecule has 1 fully saturated rings. The Kier molecular flexibility index (Phi) is 7.07. The molecule has 3 aromatic rings. The van der Waals surface area contributed by atoms with E-state index in [1.165, 1.54) is 6.07 Å². The molecule has 7 heteroatoms. The zero-order valence-electron chi connectivity index (χ0n) is 19.2. The van der Waals surface area contributed by atoms with Gasteiger partial charge in [0.15, 0.2) is 0 Å². The minimum atomic E-state index is -0.0809. The van der Waals surface area contributed by atoms with Gasteiger partial charge in [-0.05, 0) is 62.2 Å². The molecule has 3 heterocycles. The highest BCUT2D eigenvalue weighted by atomic mass is 16.5. The lowest BCUT2D eigenvalue weighted by atomic mass is 9.93. The molecule has 4 rings (SSSR count). The first-order valence-corrected chi connectivity index (χ1v) is 11.3. The molecule has 1 atom stereocenters. The number of benzene rings is 1. The molecule has 0 aliphatic carbocycles. The number of anilines is 2. The number of ether oxygens (including phenoxy) is 1. The lowest BCUT2D eigenvalue weighted by molar-refractivity contribution is -0.132. The highest BCUT2D eigenvalue weighted by Gasteiger charge is 2.26. The van der Waals surface area contributed by atoms with E-state index in [4.69, 9.17) is 9.72 Å². The van der Waals surface area contributed by atoms with Crippen molar-refractivity contribution >= 4 is 17.3 Å². The SMILES string of the molecule is COc1ccc(Nc2cc(C)nc([C@H]3CCCN(C(=O)CCn4ccccc4=O)C3)c2)cc1. The summed E-state index contributed by atoms with van der Waals surface area (Å²) in [5.41, 5.74) is 3.82. The monoisotopic (exact) mass is 446 g/mol. The largest absolute Gasteiger partial charge is 0.497 e. The van der Waals surface area contributed by atoms with Gasteiger partial charge in [-0.25, -0.2) is 0 Å². The Bertz CT molecular complexity index is 1160. The van der Waals surface area contributed by atoms with E-state index in [1.807, 2.05) is 48.2 Å². The maximum Gasteiger partial charge on any atom is 0.250 e. The molecule has 1 aliphatic heterocycles. The van der Waals surface area contributed by atoms with Gasteiger partial charge in [-0.1, -0.05) is 6.07 Å². The lowest BCUT2D eigenvalue weighted by Gasteiger charge is -2.33. The summed E-state index contributed by atoms with van der Waals surface area (Å²) in [6, 6.07) is 16.9. The Morgan fingerprint density at radius 2 is 1.97 bits per heavy atom. The summed E-state index contributed by atoms with van der Waals surface area (Å²) in [5.74, 6) is 1.09. The van der Waals surface area contributed by atoms with Crippen molar-refractivity contribution in [1.29, 1.82) is 0 Å². The smallest absolute Gasteiger partial charge is 0.250 e. The fourth-order valence-corrected chi connectivity index (χ4v) is 4.28. The Balaban J connectivity index is 1.42. The molecule has 1 saturated heterocycles. The summed E-state index contributed by atoms with van der Waals surface area (Å²) in [7, 11) is 1.65. The van der Waals surface area contributed by atoms with Gasteiger partial charge in [-0.3, -0.25) is 14.6 Å². The molecule has 1 aromatic carbocycles. The molecule has 7 nitrogen and oxygen atoms in total. The van der Waals surface area contributed by atoms with Crippen LogP contribution in [0.15, 0.2) is 65.6 Å². The number of nitrogens with one attached hydrogen (secondary N) is 1. The molecule has 2 aromatic heterocycles. The van der Waals surface area contributed by atoms with Gasteiger partial charge in [0, 0.05) is 67.0 Å². The van der Waals surface area contributed by atoms with Crippen LogP contribution in [-0.4, -0.2) is 40.6 Å². The van der Waals surface area contributed by atoms with Crippen molar-refractivity contribution in [3.8, 4) is 5.75 Å². The zero-order valence-corrected chi connectivity index (χ0v) is 19.2. The number of pyridine rings is 2. The summed E-state index contributed by atoms with van der Waals surface area (Å²) in [6.07, 6.45) is 3.99. The highest BCUT2D eigenvalue weighted by Crippen LogP contribution is 2.29. The molecule has 33 heavy (non-hydrogen) atoms. The fourth-order valence-electron chi connectivity index (χ4n) is 4.28. The molecule has 0 bridgehead atoms. The number of amides is 1. The summed E-state index contributed by atoms with van der Waals surface area (Å²) in [6.45, 7) is 3.80. The number of aryl methyl sites for hydroxylation is 2. The normalized spacial score (nSPS) is 15.8. The number of methoxy groups -OCH3 is 1. The Morgan fingerprint density at radius 3 is 2.73 bits per heavy atom. The third kappa shape index (κ3) is 5.80. The quantitative estimate of drug-likeness (QED) is 0.591. The number of hydrogen-bond donors (Lipinski definition) is 1. The van der Waals surface area contributed by atoms with E-state index in [1.54, 1.807) is 23.9 Å². The molecular formula is C26H30N4O3. The average molecular weight is 447 g/mol. The van der Waals surface area contributed by atoms with Gasteiger partial charge in [0.1, 0.15) is 5.75 Å². The van der Waals surface area contributed by atoms with E-state index in [2.05, 4.69) is 11.4 Å². The molecule has 0 unspecified atom stereocenters. The van der Waals surface area contributed by atoms with Crippen molar-refractivity contribution in [3.05, 3.63) is 82.5 Å². The van der Waals surface area contributed by atoms with Crippen LogP contribution in [0.5, 0.6) is 5.75 Å². The Morgan fingerprint density at radius 1 is 1.15 bits per heavy atom. The van der Waals surface area contributed by atoms with E-state index >= 15 is 0 Å². The minimum absolute atomic E-state index is 0.0809. The topological polar surface area (TPSA) is 76.5 Å². The van der Waals surface area contributed by atoms with Crippen molar-refractivity contribution in [2.75, 3.05) is 25.5 Å². The highest BCUT2D eigenvalue weighted by molar-refractivity contribution is 5.76.